The Balaban J connectivity index is 1.85. The molecule has 0 saturated carbocycles. The highest BCUT2D eigenvalue weighted by Crippen LogP contribution is 2.20. The fourth-order valence-electron chi connectivity index (χ4n) is 2.69. The van der Waals surface area contributed by atoms with E-state index in [2.05, 4.69) is 4.72 Å². The van der Waals surface area contributed by atoms with Gasteiger partial charge in [0, 0.05) is 6.08 Å². The smallest absolute Gasteiger partial charge is 0.328 e. The molecule has 0 fully saturated rings. The van der Waals surface area contributed by atoms with Gasteiger partial charge in [-0.1, -0.05) is 42.5 Å². The highest BCUT2D eigenvalue weighted by molar-refractivity contribution is 7.89. The summed E-state index contributed by atoms with van der Waals surface area (Å²) >= 11 is 0. The maximum Gasteiger partial charge on any atom is 0.328 e. The van der Waals surface area contributed by atoms with Crippen molar-refractivity contribution in [3.8, 4) is 0 Å². The minimum Gasteiger partial charge on any atom is -0.478 e. The van der Waals surface area contributed by atoms with E-state index >= 15 is 0 Å². The summed E-state index contributed by atoms with van der Waals surface area (Å²) in [5.74, 6) is -0.714. The average Bonchev–Trinajstić information content (AvgIpc) is 3.22. The lowest BCUT2D eigenvalue weighted by molar-refractivity contribution is -0.131. The lowest BCUT2D eigenvalue weighted by atomic mass is 10.1. The minimum atomic E-state index is -3.89. The van der Waals surface area contributed by atoms with Crippen molar-refractivity contribution in [3.63, 3.8) is 0 Å². The van der Waals surface area contributed by atoms with E-state index in [0.717, 1.165) is 11.6 Å². The summed E-state index contributed by atoms with van der Waals surface area (Å²) in [6.07, 6.45) is 4.07. The van der Waals surface area contributed by atoms with Crippen LogP contribution in [-0.4, -0.2) is 32.3 Å². The lowest BCUT2D eigenvalue weighted by Crippen LogP contribution is -2.38. The number of carboxylic acids is 1. The van der Waals surface area contributed by atoms with Crippen molar-refractivity contribution in [2.75, 3.05) is 6.79 Å². The summed E-state index contributed by atoms with van der Waals surface area (Å²) < 4.78 is 38.9. The number of ether oxygens (including phenoxy) is 2. The van der Waals surface area contributed by atoms with Crippen LogP contribution in [0.5, 0.6) is 0 Å². The molecule has 2 aromatic rings. The maximum atomic E-state index is 12.9. The molecule has 2 N–H and O–H groups in total. The Bertz CT molecular complexity index is 998. The Hall–Kier alpha value is -3.10. The van der Waals surface area contributed by atoms with Crippen LogP contribution >= 0.6 is 0 Å². The van der Waals surface area contributed by atoms with Gasteiger partial charge in [-0.3, -0.25) is 0 Å². The van der Waals surface area contributed by atoms with Crippen molar-refractivity contribution >= 4 is 22.1 Å². The van der Waals surface area contributed by atoms with Crippen LogP contribution in [-0.2, 0) is 30.7 Å². The number of carboxylic acid groups (broad SMARTS) is 1. The van der Waals surface area contributed by atoms with Gasteiger partial charge in [0.1, 0.15) is 6.26 Å². The molecule has 0 radical (unpaired) electrons. The molecule has 146 valence electrons. The quantitative estimate of drug-likeness (QED) is 0.659. The summed E-state index contributed by atoms with van der Waals surface area (Å²) in [6, 6.07) is 14.8. The second-order valence-corrected chi connectivity index (χ2v) is 7.77. The summed E-state index contributed by atoms with van der Waals surface area (Å²) in [5, 5.41) is 8.73. The van der Waals surface area contributed by atoms with Crippen LogP contribution in [0.15, 0.2) is 77.6 Å². The SMILES string of the molecule is O=C(O)C=Cc1cccc(S(=O)(=O)NC(Cc2ccccc2)C2=COCO2)c1. The molecule has 3 rings (SSSR count). The third kappa shape index (κ3) is 5.21. The van der Waals surface area contributed by atoms with Crippen LogP contribution in [0.2, 0.25) is 0 Å². The topological polar surface area (TPSA) is 102 Å². The highest BCUT2D eigenvalue weighted by atomic mass is 32.2. The fourth-order valence-corrected chi connectivity index (χ4v) is 3.95. The minimum absolute atomic E-state index is 0.0256. The lowest BCUT2D eigenvalue weighted by Gasteiger charge is -2.19. The van der Waals surface area contributed by atoms with Crippen LogP contribution in [0.1, 0.15) is 11.1 Å². The van der Waals surface area contributed by atoms with Gasteiger partial charge in [-0.2, -0.15) is 0 Å². The van der Waals surface area contributed by atoms with E-state index < -0.39 is 22.0 Å². The zero-order valence-electron chi connectivity index (χ0n) is 14.8. The molecule has 0 bridgehead atoms. The largest absolute Gasteiger partial charge is 0.478 e. The van der Waals surface area contributed by atoms with Crippen molar-refractivity contribution < 1.29 is 27.8 Å². The molecule has 2 aromatic carbocycles. The van der Waals surface area contributed by atoms with Crippen LogP contribution in [0.3, 0.4) is 0 Å². The second-order valence-electron chi connectivity index (χ2n) is 6.06. The highest BCUT2D eigenvalue weighted by Gasteiger charge is 2.27. The molecule has 0 spiro atoms. The van der Waals surface area contributed by atoms with Gasteiger partial charge >= 0.3 is 5.97 Å². The van der Waals surface area contributed by atoms with Gasteiger partial charge < -0.3 is 14.6 Å². The molecule has 1 aliphatic rings. The zero-order chi connectivity index (χ0) is 20.0. The van der Waals surface area contributed by atoms with Gasteiger partial charge in [-0.05, 0) is 35.8 Å². The van der Waals surface area contributed by atoms with Crippen LogP contribution in [0.25, 0.3) is 6.08 Å². The molecule has 1 unspecified atom stereocenters. The average molecular weight is 401 g/mol. The molecule has 0 saturated heterocycles. The molecule has 28 heavy (non-hydrogen) atoms. The Labute approximate surface area is 163 Å². The first-order valence-electron chi connectivity index (χ1n) is 8.46. The molecular weight excluding hydrogens is 382 g/mol. The van der Waals surface area contributed by atoms with Crippen molar-refractivity contribution in [2.45, 2.75) is 17.4 Å². The number of sulfonamides is 1. The first-order valence-corrected chi connectivity index (χ1v) is 9.94. The number of rotatable bonds is 8. The molecule has 0 aromatic heterocycles. The number of hydrogen-bond acceptors (Lipinski definition) is 5. The normalized spacial score (nSPS) is 14.9. The van der Waals surface area contributed by atoms with Gasteiger partial charge in [0.05, 0.1) is 10.9 Å². The predicted molar refractivity (Wildman–Crippen MR) is 102 cm³/mol. The van der Waals surface area contributed by atoms with E-state index in [1.165, 1.54) is 24.5 Å². The van der Waals surface area contributed by atoms with E-state index in [-0.39, 0.29) is 11.7 Å². The molecular formula is C20H19NO6S. The molecule has 1 heterocycles. The Morgan fingerprint density at radius 3 is 2.64 bits per heavy atom. The first-order chi connectivity index (χ1) is 13.4. The number of benzene rings is 2. The van der Waals surface area contributed by atoms with Gasteiger partial charge in [0.15, 0.2) is 5.76 Å². The second kappa shape index (κ2) is 8.73. The van der Waals surface area contributed by atoms with Crippen molar-refractivity contribution in [3.05, 3.63) is 83.8 Å². The van der Waals surface area contributed by atoms with Crippen molar-refractivity contribution in [1.29, 1.82) is 0 Å². The van der Waals surface area contributed by atoms with Crippen LogP contribution < -0.4 is 4.72 Å². The summed E-state index contributed by atoms with van der Waals surface area (Å²) in [6.45, 7) is 0.0395. The molecule has 7 nitrogen and oxygen atoms in total. The van der Waals surface area contributed by atoms with E-state index in [9.17, 15) is 13.2 Å². The van der Waals surface area contributed by atoms with Crippen LogP contribution in [0, 0.1) is 0 Å². The van der Waals surface area contributed by atoms with Crippen molar-refractivity contribution in [1.82, 2.24) is 4.72 Å². The third-order valence-electron chi connectivity index (χ3n) is 4.00. The Kier molecular flexibility index (Phi) is 6.13. The Morgan fingerprint density at radius 2 is 1.96 bits per heavy atom. The first kappa shape index (κ1) is 19.7. The van der Waals surface area contributed by atoms with Crippen LogP contribution in [0.4, 0.5) is 0 Å². The summed E-state index contributed by atoms with van der Waals surface area (Å²) in [7, 11) is -3.89. The summed E-state index contributed by atoms with van der Waals surface area (Å²) in [4.78, 5) is 10.7. The monoisotopic (exact) mass is 401 g/mol. The number of nitrogens with one attached hydrogen (secondary N) is 1. The molecule has 1 aliphatic heterocycles. The number of aliphatic carboxylic acids is 1. The van der Waals surface area contributed by atoms with Crippen molar-refractivity contribution in [2.24, 2.45) is 0 Å². The summed E-state index contributed by atoms with van der Waals surface area (Å²) in [5.41, 5.74) is 1.40. The predicted octanol–water partition coefficient (Wildman–Crippen LogP) is 2.52. The maximum absolute atomic E-state index is 12.9. The molecule has 0 amide bonds. The van der Waals surface area contributed by atoms with E-state index in [1.54, 1.807) is 12.1 Å². The van der Waals surface area contributed by atoms with Gasteiger partial charge in [0.2, 0.25) is 16.8 Å². The zero-order valence-corrected chi connectivity index (χ0v) is 15.6. The van der Waals surface area contributed by atoms with E-state index in [0.29, 0.717) is 17.7 Å². The number of hydrogen-bond donors (Lipinski definition) is 2. The van der Waals surface area contributed by atoms with E-state index in [4.69, 9.17) is 14.6 Å². The van der Waals surface area contributed by atoms with E-state index in [1.807, 2.05) is 30.3 Å². The van der Waals surface area contributed by atoms with Gasteiger partial charge in [0.25, 0.3) is 0 Å². The van der Waals surface area contributed by atoms with Gasteiger partial charge in [-0.25, -0.2) is 17.9 Å². The molecule has 0 aliphatic carbocycles. The molecule has 1 atom stereocenters. The fraction of sp³-hybridized carbons (Fsp3) is 0.150. The Morgan fingerprint density at radius 1 is 1.18 bits per heavy atom. The standard InChI is InChI=1S/C20H19NO6S/c22-20(23)10-9-16-7-4-8-17(11-16)28(24,25)21-18(19-13-26-14-27-19)12-15-5-2-1-3-6-15/h1-11,13,18,21H,12,14H2,(H,22,23). The third-order valence-corrected chi connectivity index (χ3v) is 5.47. The van der Waals surface area contributed by atoms with Gasteiger partial charge in [-0.15, -0.1) is 0 Å². The molecule has 8 heteroatoms. The number of carbonyl (C=O) groups is 1.